The molecule has 0 amide bonds. The zero-order valence-electron chi connectivity index (χ0n) is 12.0. The Morgan fingerprint density at radius 2 is 2.21 bits per heavy atom. The summed E-state index contributed by atoms with van der Waals surface area (Å²) < 4.78 is 6.17. The van der Waals surface area contributed by atoms with E-state index in [-0.39, 0.29) is 5.60 Å². The van der Waals surface area contributed by atoms with Crippen molar-refractivity contribution < 1.29 is 4.74 Å². The van der Waals surface area contributed by atoms with Crippen LogP contribution in [0.25, 0.3) is 0 Å². The largest absolute Gasteiger partial charge is 0.375 e. The van der Waals surface area contributed by atoms with Crippen LogP contribution in [-0.2, 0) is 11.2 Å². The Labute approximate surface area is 116 Å². The zero-order valence-corrected chi connectivity index (χ0v) is 12.0. The van der Waals surface area contributed by atoms with Gasteiger partial charge in [0.05, 0.1) is 12.2 Å². The molecule has 1 aliphatic carbocycles. The smallest absolute Gasteiger partial charge is 0.0694 e. The van der Waals surface area contributed by atoms with E-state index in [1.54, 1.807) is 0 Å². The number of ether oxygens (including phenoxy) is 1. The summed E-state index contributed by atoms with van der Waals surface area (Å²) in [6.45, 7) is 5.20. The molecule has 1 heterocycles. The van der Waals surface area contributed by atoms with Crippen molar-refractivity contribution in [2.45, 2.75) is 51.0 Å². The van der Waals surface area contributed by atoms with E-state index in [0.29, 0.717) is 0 Å². The van der Waals surface area contributed by atoms with Gasteiger partial charge in [0, 0.05) is 18.3 Å². The average molecular weight is 262 g/mol. The average Bonchev–Trinajstić information content (AvgIpc) is 2.41. The highest BCUT2D eigenvalue weighted by molar-refractivity contribution is 5.03. The van der Waals surface area contributed by atoms with E-state index >= 15 is 0 Å². The Morgan fingerprint density at radius 3 is 2.84 bits per heavy atom. The fourth-order valence-electron chi connectivity index (χ4n) is 2.57. The Morgan fingerprint density at radius 1 is 1.32 bits per heavy atom. The molecule has 0 saturated heterocycles. The Balaban J connectivity index is 1.67. The molecule has 19 heavy (non-hydrogen) atoms. The third-order valence-electron chi connectivity index (χ3n) is 3.94. The summed E-state index contributed by atoms with van der Waals surface area (Å²) >= 11 is 0. The fourth-order valence-corrected chi connectivity index (χ4v) is 2.57. The second kappa shape index (κ2) is 7.61. The minimum Gasteiger partial charge on any atom is -0.375 e. The quantitative estimate of drug-likeness (QED) is 0.695. The molecule has 0 aromatic carbocycles. The topological polar surface area (TPSA) is 34.1 Å². The molecule has 2 rings (SSSR count). The van der Waals surface area contributed by atoms with E-state index in [2.05, 4.69) is 23.3 Å². The van der Waals surface area contributed by atoms with Crippen LogP contribution in [0.15, 0.2) is 24.4 Å². The van der Waals surface area contributed by atoms with Crippen LogP contribution in [-0.4, -0.2) is 30.3 Å². The highest BCUT2D eigenvalue weighted by atomic mass is 16.5. The van der Waals surface area contributed by atoms with Gasteiger partial charge in [-0.15, -0.1) is 0 Å². The van der Waals surface area contributed by atoms with E-state index in [4.69, 9.17) is 4.74 Å². The van der Waals surface area contributed by atoms with E-state index in [9.17, 15) is 0 Å². The monoisotopic (exact) mass is 262 g/mol. The van der Waals surface area contributed by atoms with Crippen LogP contribution in [0, 0.1) is 0 Å². The van der Waals surface area contributed by atoms with Crippen LogP contribution in [0.2, 0.25) is 0 Å². The van der Waals surface area contributed by atoms with Gasteiger partial charge in [-0.2, -0.15) is 0 Å². The first kappa shape index (κ1) is 14.5. The van der Waals surface area contributed by atoms with Crippen molar-refractivity contribution in [1.29, 1.82) is 0 Å². The van der Waals surface area contributed by atoms with Crippen molar-refractivity contribution in [3.63, 3.8) is 0 Å². The Kier molecular flexibility index (Phi) is 5.80. The van der Waals surface area contributed by atoms with Gasteiger partial charge < -0.3 is 10.1 Å². The lowest BCUT2D eigenvalue weighted by Crippen LogP contribution is -2.43. The van der Waals surface area contributed by atoms with Crippen LogP contribution in [0.5, 0.6) is 0 Å². The van der Waals surface area contributed by atoms with Gasteiger partial charge in [0.15, 0.2) is 0 Å². The molecule has 0 radical (unpaired) electrons. The van der Waals surface area contributed by atoms with E-state index < -0.39 is 0 Å². The normalized spacial score (nSPS) is 17.1. The van der Waals surface area contributed by atoms with Crippen molar-refractivity contribution in [1.82, 2.24) is 10.3 Å². The van der Waals surface area contributed by atoms with E-state index in [0.717, 1.165) is 38.2 Å². The standard InChI is InChI=1S/C16H26N2O/c1-2-11-17-13-10-16(8-5-9-16)19-14-7-15-6-3-4-12-18-15/h3-4,6,12,17H,2,5,7-11,13-14H2,1H3. The Bertz CT molecular complexity index is 349. The molecule has 0 aliphatic heterocycles. The molecule has 106 valence electrons. The van der Waals surface area contributed by atoms with Crippen molar-refractivity contribution in [2.24, 2.45) is 0 Å². The molecule has 1 fully saturated rings. The van der Waals surface area contributed by atoms with Crippen molar-refractivity contribution in [3.05, 3.63) is 30.1 Å². The highest BCUT2D eigenvalue weighted by Gasteiger charge is 2.37. The number of aromatic nitrogens is 1. The van der Waals surface area contributed by atoms with Gasteiger partial charge in [-0.1, -0.05) is 13.0 Å². The molecule has 1 aliphatic rings. The third kappa shape index (κ3) is 4.59. The molecule has 1 aromatic rings. The summed E-state index contributed by atoms with van der Waals surface area (Å²) in [6, 6.07) is 6.06. The summed E-state index contributed by atoms with van der Waals surface area (Å²) in [4.78, 5) is 4.34. The molecule has 1 aromatic heterocycles. The van der Waals surface area contributed by atoms with Crippen molar-refractivity contribution in [2.75, 3.05) is 19.7 Å². The molecule has 0 spiro atoms. The Hall–Kier alpha value is -0.930. The minimum atomic E-state index is 0.162. The molecular weight excluding hydrogens is 236 g/mol. The predicted molar refractivity (Wildman–Crippen MR) is 78.3 cm³/mol. The second-order valence-corrected chi connectivity index (χ2v) is 5.46. The van der Waals surface area contributed by atoms with Gasteiger partial charge in [-0.3, -0.25) is 4.98 Å². The van der Waals surface area contributed by atoms with Crippen molar-refractivity contribution >= 4 is 0 Å². The summed E-state index contributed by atoms with van der Waals surface area (Å²) in [5.41, 5.74) is 1.29. The van der Waals surface area contributed by atoms with Crippen molar-refractivity contribution in [3.8, 4) is 0 Å². The summed E-state index contributed by atoms with van der Waals surface area (Å²) in [6.07, 6.45) is 8.89. The molecule has 0 unspecified atom stereocenters. The minimum absolute atomic E-state index is 0.162. The SMILES string of the molecule is CCCNCCC1(OCCc2ccccn2)CCC1. The van der Waals surface area contributed by atoms with E-state index in [1.165, 1.54) is 25.7 Å². The lowest BCUT2D eigenvalue weighted by molar-refractivity contribution is -0.103. The van der Waals surface area contributed by atoms with Gasteiger partial charge in [0.2, 0.25) is 0 Å². The maximum atomic E-state index is 6.17. The lowest BCUT2D eigenvalue weighted by Gasteiger charge is -2.42. The van der Waals surface area contributed by atoms with Gasteiger partial charge >= 0.3 is 0 Å². The number of rotatable bonds is 9. The molecule has 1 N–H and O–H groups in total. The number of nitrogens with one attached hydrogen (secondary N) is 1. The summed E-state index contributed by atoms with van der Waals surface area (Å²) in [5.74, 6) is 0. The molecule has 0 bridgehead atoms. The number of pyridine rings is 1. The van der Waals surface area contributed by atoms with Gasteiger partial charge in [0.1, 0.15) is 0 Å². The first-order valence-electron chi connectivity index (χ1n) is 7.59. The fraction of sp³-hybridized carbons (Fsp3) is 0.688. The predicted octanol–water partition coefficient (Wildman–Crippen LogP) is 2.95. The molecular formula is C16H26N2O. The number of hydrogen-bond donors (Lipinski definition) is 1. The van der Waals surface area contributed by atoms with Gasteiger partial charge in [-0.25, -0.2) is 0 Å². The van der Waals surface area contributed by atoms with Crippen LogP contribution >= 0.6 is 0 Å². The maximum absolute atomic E-state index is 6.17. The second-order valence-electron chi connectivity index (χ2n) is 5.46. The third-order valence-corrected chi connectivity index (χ3v) is 3.94. The summed E-state index contributed by atoms with van der Waals surface area (Å²) in [5, 5.41) is 3.47. The van der Waals surface area contributed by atoms with Gasteiger partial charge in [0.25, 0.3) is 0 Å². The number of hydrogen-bond acceptors (Lipinski definition) is 3. The highest BCUT2D eigenvalue weighted by Crippen LogP contribution is 2.38. The van der Waals surface area contributed by atoms with Crippen LogP contribution < -0.4 is 5.32 Å². The molecule has 3 heteroatoms. The first-order valence-corrected chi connectivity index (χ1v) is 7.59. The van der Waals surface area contributed by atoms with Gasteiger partial charge in [-0.05, 0) is 57.3 Å². The number of nitrogens with zero attached hydrogens (tertiary/aromatic N) is 1. The zero-order chi connectivity index (χ0) is 13.4. The lowest BCUT2D eigenvalue weighted by atomic mass is 9.77. The first-order chi connectivity index (χ1) is 9.35. The molecule has 1 saturated carbocycles. The van der Waals surface area contributed by atoms with E-state index in [1.807, 2.05) is 18.3 Å². The molecule has 3 nitrogen and oxygen atoms in total. The van der Waals surface area contributed by atoms with Crippen LogP contribution in [0.1, 0.15) is 44.7 Å². The maximum Gasteiger partial charge on any atom is 0.0694 e. The van der Waals surface area contributed by atoms with Crippen LogP contribution in [0.4, 0.5) is 0 Å². The molecule has 0 atom stereocenters. The summed E-state index contributed by atoms with van der Waals surface area (Å²) in [7, 11) is 0. The van der Waals surface area contributed by atoms with Crippen LogP contribution in [0.3, 0.4) is 0 Å².